The molecule has 2 aromatic rings. The van der Waals surface area contributed by atoms with Crippen molar-refractivity contribution >= 4 is 31.5 Å². The van der Waals surface area contributed by atoms with E-state index in [0.717, 1.165) is 23.7 Å². The van der Waals surface area contributed by atoms with Crippen LogP contribution in [-0.4, -0.2) is 31.1 Å². The molecule has 0 aliphatic carbocycles. The van der Waals surface area contributed by atoms with Gasteiger partial charge in [-0.05, 0) is 35.1 Å². The fraction of sp³-hybridized carbons (Fsp3) is 0.400. The van der Waals surface area contributed by atoms with Crippen LogP contribution in [0.5, 0.6) is 0 Å². The van der Waals surface area contributed by atoms with E-state index >= 15 is 0 Å². The topological polar surface area (TPSA) is 46.6 Å². The number of likely N-dealkylation sites (tertiary alicyclic amines) is 1. The molecule has 26 heavy (non-hydrogen) atoms. The van der Waals surface area contributed by atoms with Crippen LogP contribution in [0, 0.1) is 0 Å². The number of imide groups is 1. The zero-order valence-electron chi connectivity index (χ0n) is 15.5. The largest absolute Gasteiger partial charge is 0.403 e. The number of benzene rings is 1. The minimum Gasteiger partial charge on any atom is -0.403 e. The molecule has 0 spiro atoms. The molecule has 1 fully saturated rings. The van der Waals surface area contributed by atoms with Crippen molar-refractivity contribution < 1.29 is 14.0 Å². The fourth-order valence-electron chi connectivity index (χ4n) is 3.57. The Morgan fingerprint density at radius 2 is 1.73 bits per heavy atom. The highest BCUT2D eigenvalue weighted by Crippen LogP contribution is 2.41. The third-order valence-corrected chi connectivity index (χ3v) is 10.9. The normalized spacial score (nSPS) is 20.1. The molecule has 0 unspecified atom stereocenters. The molecule has 4 nitrogen and oxygen atoms in total. The van der Waals surface area contributed by atoms with Crippen LogP contribution in [0.1, 0.15) is 42.0 Å². The second-order valence-corrected chi connectivity index (χ2v) is 12.3. The number of amides is 2. The van der Waals surface area contributed by atoms with Gasteiger partial charge in [0.05, 0.1) is 10.9 Å². The van der Waals surface area contributed by atoms with Crippen molar-refractivity contribution in [2.45, 2.75) is 51.0 Å². The van der Waals surface area contributed by atoms with Crippen LogP contribution in [-0.2, 0) is 9.22 Å². The summed E-state index contributed by atoms with van der Waals surface area (Å²) in [5.74, 6) is -0.431. The summed E-state index contributed by atoms with van der Waals surface area (Å²) in [7, 11) is -1.95. The first-order chi connectivity index (χ1) is 12.6. The average molecular weight is 388 g/mol. The lowest BCUT2D eigenvalue weighted by Gasteiger charge is -2.48. The maximum Gasteiger partial charge on any atom is 0.271 e. The van der Waals surface area contributed by atoms with Gasteiger partial charge in [-0.25, -0.2) is 0 Å². The Hall–Kier alpha value is -1.76. The molecule has 2 heterocycles. The van der Waals surface area contributed by atoms with Crippen LogP contribution in [0.25, 0.3) is 0 Å². The lowest BCUT2D eigenvalue weighted by molar-refractivity contribution is -0.158. The first-order valence-corrected chi connectivity index (χ1v) is 12.6. The van der Waals surface area contributed by atoms with Crippen molar-refractivity contribution in [1.82, 2.24) is 4.90 Å². The Morgan fingerprint density at radius 1 is 1.08 bits per heavy atom. The Balaban J connectivity index is 1.93. The quantitative estimate of drug-likeness (QED) is 0.387. The molecule has 138 valence electrons. The molecule has 0 N–H and O–H groups in total. The van der Waals surface area contributed by atoms with Gasteiger partial charge in [0, 0.05) is 0 Å². The number of hydrogen-bond donors (Lipinski definition) is 0. The maximum atomic E-state index is 12.9. The van der Waals surface area contributed by atoms with Gasteiger partial charge in [-0.3, -0.25) is 14.5 Å². The van der Waals surface area contributed by atoms with Crippen LogP contribution in [0.2, 0.25) is 18.1 Å². The molecule has 1 saturated heterocycles. The molecule has 0 bridgehead atoms. The third-order valence-electron chi connectivity index (χ3n) is 5.45. The van der Waals surface area contributed by atoms with E-state index in [0.29, 0.717) is 4.88 Å². The van der Waals surface area contributed by atoms with E-state index < -0.39 is 14.4 Å². The van der Waals surface area contributed by atoms with Crippen LogP contribution >= 0.6 is 11.3 Å². The molecule has 1 aliphatic rings. The number of nitrogens with zero attached hydrogens (tertiary/aromatic N) is 1. The van der Waals surface area contributed by atoms with Crippen molar-refractivity contribution in [3.8, 4) is 0 Å². The molecule has 2 amide bonds. The molecule has 0 radical (unpaired) electrons. The zero-order valence-corrected chi connectivity index (χ0v) is 17.3. The second kappa shape index (κ2) is 7.86. The van der Waals surface area contributed by atoms with Gasteiger partial charge in [-0.2, -0.15) is 0 Å². The predicted molar refractivity (Wildman–Crippen MR) is 107 cm³/mol. The summed E-state index contributed by atoms with van der Waals surface area (Å²) in [5.41, 5.74) is 0.952. The molecule has 6 heteroatoms. The standard InChI is InChI=1S/C20H25NO3SSi/c1-4-26(5-2,6-3)24-18-17(15-11-8-7-9-12-15)21(20(18)23)19(22)16-13-10-14-25-16/h7-14,17-18H,4-6H2,1-3H3/t17-,18+/m1/s1. The Morgan fingerprint density at radius 3 is 2.27 bits per heavy atom. The smallest absolute Gasteiger partial charge is 0.271 e. The Bertz CT molecular complexity index is 750. The van der Waals surface area contributed by atoms with E-state index in [2.05, 4.69) is 20.8 Å². The van der Waals surface area contributed by atoms with Crippen LogP contribution in [0.15, 0.2) is 47.8 Å². The summed E-state index contributed by atoms with van der Waals surface area (Å²) in [6.45, 7) is 6.44. The van der Waals surface area contributed by atoms with Crippen LogP contribution in [0.3, 0.4) is 0 Å². The number of rotatable bonds is 7. The Kier molecular flexibility index (Phi) is 5.75. The monoisotopic (exact) mass is 387 g/mol. The zero-order chi connectivity index (χ0) is 18.7. The number of β-lactam (4-membered cyclic amide) rings is 1. The molecule has 1 aromatic carbocycles. The van der Waals surface area contributed by atoms with Gasteiger partial charge in [-0.1, -0.05) is 57.2 Å². The summed E-state index contributed by atoms with van der Waals surface area (Å²) >= 11 is 1.36. The van der Waals surface area contributed by atoms with Crippen molar-refractivity contribution in [3.63, 3.8) is 0 Å². The highest BCUT2D eigenvalue weighted by atomic mass is 32.1. The van der Waals surface area contributed by atoms with Crippen molar-refractivity contribution in [1.29, 1.82) is 0 Å². The first-order valence-electron chi connectivity index (χ1n) is 9.20. The minimum absolute atomic E-state index is 0.204. The van der Waals surface area contributed by atoms with Gasteiger partial charge in [0.1, 0.15) is 0 Å². The van der Waals surface area contributed by atoms with Crippen molar-refractivity contribution in [3.05, 3.63) is 58.3 Å². The third kappa shape index (κ3) is 3.29. The lowest BCUT2D eigenvalue weighted by Crippen LogP contribution is -2.64. The van der Waals surface area contributed by atoms with E-state index in [1.807, 2.05) is 41.8 Å². The van der Waals surface area contributed by atoms with Crippen molar-refractivity contribution in [2.24, 2.45) is 0 Å². The molecule has 3 rings (SSSR count). The number of carbonyl (C=O) groups excluding carboxylic acids is 2. The van der Waals surface area contributed by atoms with E-state index in [-0.39, 0.29) is 17.9 Å². The summed E-state index contributed by atoms with van der Waals surface area (Å²) in [6.07, 6.45) is -0.548. The highest BCUT2D eigenvalue weighted by Gasteiger charge is 2.54. The number of carbonyl (C=O) groups is 2. The van der Waals surface area contributed by atoms with E-state index in [1.54, 1.807) is 6.07 Å². The second-order valence-electron chi connectivity index (χ2n) is 6.63. The molecule has 2 atom stereocenters. The number of thiophene rings is 1. The summed E-state index contributed by atoms with van der Waals surface area (Å²) in [4.78, 5) is 27.8. The van der Waals surface area contributed by atoms with Crippen LogP contribution in [0.4, 0.5) is 0 Å². The molecule has 1 aliphatic heterocycles. The maximum absolute atomic E-state index is 12.9. The van der Waals surface area contributed by atoms with Crippen molar-refractivity contribution in [2.75, 3.05) is 0 Å². The fourth-order valence-corrected chi connectivity index (χ4v) is 6.99. The molecule has 1 aromatic heterocycles. The van der Waals surface area contributed by atoms with Gasteiger partial charge in [-0.15, -0.1) is 11.3 Å². The Labute approximate surface area is 159 Å². The molecular weight excluding hydrogens is 362 g/mol. The van der Waals surface area contributed by atoms with E-state index in [1.165, 1.54) is 16.2 Å². The summed E-state index contributed by atoms with van der Waals surface area (Å²) in [5, 5.41) is 1.85. The predicted octanol–water partition coefficient (Wildman–Crippen LogP) is 4.86. The number of hydrogen-bond acceptors (Lipinski definition) is 4. The van der Waals surface area contributed by atoms with E-state index in [4.69, 9.17) is 4.43 Å². The summed E-state index contributed by atoms with van der Waals surface area (Å²) in [6, 6.07) is 15.9. The van der Waals surface area contributed by atoms with Crippen LogP contribution < -0.4 is 0 Å². The molecular formula is C20H25NO3SSi. The van der Waals surface area contributed by atoms with Gasteiger partial charge < -0.3 is 4.43 Å². The average Bonchev–Trinajstić information content (AvgIpc) is 3.22. The van der Waals surface area contributed by atoms with E-state index in [9.17, 15) is 9.59 Å². The molecule has 0 saturated carbocycles. The van der Waals surface area contributed by atoms with Gasteiger partial charge in [0.25, 0.3) is 11.8 Å². The lowest BCUT2D eigenvalue weighted by atomic mass is 9.90. The summed E-state index contributed by atoms with van der Waals surface area (Å²) < 4.78 is 6.50. The van der Waals surface area contributed by atoms with Gasteiger partial charge in [0.2, 0.25) is 0 Å². The van der Waals surface area contributed by atoms with Gasteiger partial charge >= 0.3 is 0 Å². The van der Waals surface area contributed by atoms with Gasteiger partial charge in [0.15, 0.2) is 14.4 Å². The SMILES string of the molecule is CC[Si](CC)(CC)O[C@@H]1C(=O)N(C(=O)c2cccs2)[C@@H]1c1ccccc1. The first kappa shape index (κ1) is 19.0. The minimum atomic E-state index is -1.95. The highest BCUT2D eigenvalue weighted by molar-refractivity contribution is 7.12.